The Morgan fingerprint density at radius 2 is 1.46 bits per heavy atom. The van der Waals surface area contributed by atoms with Crippen LogP contribution in [0.2, 0.25) is 0 Å². The number of benzene rings is 3. The Bertz CT molecular complexity index is 1030. The predicted octanol–water partition coefficient (Wildman–Crippen LogP) is 4.19. The molecule has 0 radical (unpaired) electrons. The summed E-state index contributed by atoms with van der Waals surface area (Å²) in [5.41, 5.74) is 3.79. The van der Waals surface area contributed by atoms with Gasteiger partial charge in [0, 0.05) is 11.3 Å². The summed E-state index contributed by atoms with van der Waals surface area (Å²) >= 11 is 0. The Morgan fingerprint density at radius 3 is 2.23 bits per heavy atom. The Morgan fingerprint density at radius 1 is 0.808 bits per heavy atom. The molecule has 0 saturated carbocycles. The van der Waals surface area contributed by atoms with Crippen LogP contribution in [0.15, 0.2) is 91.1 Å². The minimum Gasteiger partial charge on any atom is -0.320 e. The second-order valence-electron chi connectivity index (χ2n) is 5.72. The van der Waals surface area contributed by atoms with Gasteiger partial charge < -0.3 is 5.32 Å². The molecule has 0 fully saturated rings. The van der Waals surface area contributed by atoms with E-state index in [-0.39, 0.29) is 11.6 Å². The van der Waals surface area contributed by atoms with Gasteiger partial charge in [-0.25, -0.2) is 0 Å². The van der Waals surface area contributed by atoms with Gasteiger partial charge in [0.2, 0.25) is 0 Å². The highest BCUT2D eigenvalue weighted by molar-refractivity contribution is 6.04. The highest BCUT2D eigenvalue weighted by atomic mass is 16.2. The highest BCUT2D eigenvalue weighted by Gasteiger charge is 2.14. The fourth-order valence-corrected chi connectivity index (χ4v) is 2.70. The van der Waals surface area contributed by atoms with E-state index in [1.807, 2.05) is 84.9 Å². The van der Waals surface area contributed by atoms with Crippen molar-refractivity contribution in [3.05, 3.63) is 96.8 Å². The summed E-state index contributed by atoms with van der Waals surface area (Å²) in [5.74, 6) is -0.296. The van der Waals surface area contributed by atoms with Crippen LogP contribution in [-0.4, -0.2) is 20.9 Å². The molecule has 1 N–H and O–H groups in total. The smallest absolute Gasteiger partial charge is 0.277 e. The first-order chi connectivity index (χ1) is 12.8. The molecule has 0 atom stereocenters. The van der Waals surface area contributed by atoms with Gasteiger partial charge in [0.05, 0.1) is 11.9 Å². The molecule has 0 bridgehead atoms. The monoisotopic (exact) mass is 340 g/mol. The number of anilines is 1. The Labute approximate surface area is 150 Å². The summed E-state index contributed by atoms with van der Waals surface area (Å²) < 4.78 is 0. The van der Waals surface area contributed by atoms with Crippen molar-refractivity contribution in [1.29, 1.82) is 0 Å². The SMILES string of the molecule is O=C(Nc1ccccc1-c1ccccc1)c1cnn(-c2ccccc2)n1. The van der Waals surface area contributed by atoms with Gasteiger partial charge in [-0.15, -0.1) is 5.10 Å². The average Bonchev–Trinajstić information content (AvgIpc) is 3.20. The standard InChI is InChI=1S/C21H16N4O/c26-21(20-15-22-25(24-20)17-11-5-2-6-12-17)23-19-14-8-7-13-18(19)16-9-3-1-4-10-16/h1-15H,(H,23,26). The Balaban J connectivity index is 1.59. The number of amides is 1. The molecular weight excluding hydrogens is 324 g/mol. The van der Waals surface area contributed by atoms with Crippen LogP contribution >= 0.6 is 0 Å². The number of aromatic nitrogens is 3. The molecule has 1 heterocycles. The molecule has 5 nitrogen and oxygen atoms in total. The van der Waals surface area contributed by atoms with Crippen LogP contribution in [0, 0.1) is 0 Å². The van der Waals surface area contributed by atoms with E-state index in [0.29, 0.717) is 0 Å². The molecule has 5 heteroatoms. The highest BCUT2D eigenvalue weighted by Crippen LogP contribution is 2.27. The lowest BCUT2D eigenvalue weighted by Gasteiger charge is -2.10. The number of carbonyl (C=O) groups is 1. The third-order valence-corrected chi connectivity index (χ3v) is 3.97. The van der Waals surface area contributed by atoms with E-state index in [0.717, 1.165) is 22.5 Å². The molecule has 1 aromatic heterocycles. The fourth-order valence-electron chi connectivity index (χ4n) is 2.70. The number of rotatable bonds is 4. The number of para-hydroxylation sites is 2. The molecule has 0 unspecified atom stereocenters. The lowest BCUT2D eigenvalue weighted by atomic mass is 10.0. The lowest BCUT2D eigenvalue weighted by molar-refractivity contribution is 0.102. The predicted molar refractivity (Wildman–Crippen MR) is 101 cm³/mol. The Kier molecular flexibility index (Phi) is 4.26. The molecule has 126 valence electrons. The van der Waals surface area contributed by atoms with Crippen LogP contribution in [0.1, 0.15) is 10.5 Å². The van der Waals surface area contributed by atoms with Crippen LogP contribution < -0.4 is 5.32 Å². The van der Waals surface area contributed by atoms with Crippen molar-refractivity contribution in [2.45, 2.75) is 0 Å². The van der Waals surface area contributed by atoms with Gasteiger partial charge in [0.15, 0.2) is 5.69 Å². The molecule has 26 heavy (non-hydrogen) atoms. The van der Waals surface area contributed by atoms with Crippen LogP contribution in [-0.2, 0) is 0 Å². The zero-order valence-corrected chi connectivity index (χ0v) is 13.9. The molecular formula is C21H16N4O. The van der Waals surface area contributed by atoms with Crippen LogP contribution in [0.3, 0.4) is 0 Å². The molecule has 0 saturated heterocycles. The number of nitrogens with one attached hydrogen (secondary N) is 1. The van der Waals surface area contributed by atoms with Gasteiger partial charge in [0.1, 0.15) is 0 Å². The summed E-state index contributed by atoms with van der Waals surface area (Å²) in [6.45, 7) is 0. The summed E-state index contributed by atoms with van der Waals surface area (Å²) in [6, 6.07) is 27.1. The third kappa shape index (κ3) is 3.23. The topological polar surface area (TPSA) is 59.8 Å². The van der Waals surface area contributed by atoms with Gasteiger partial charge in [0.25, 0.3) is 5.91 Å². The van der Waals surface area contributed by atoms with E-state index in [9.17, 15) is 4.79 Å². The number of hydrogen-bond acceptors (Lipinski definition) is 3. The van der Waals surface area contributed by atoms with Crippen molar-refractivity contribution < 1.29 is 4.79 Å². The van der Waals surface area contributed by atoms with Crippen LogP contribution in [0.5, 0.6) is 0 Å². The normalized spacial score (nSPS) is 10.5. The molecule has 1 amide bonds. The molecule has 0 aliphatic heterocycles. The van der Waals surface area contributed by atoms with E-state index >= 15 is 0 Å². The van der Waals surface area contributed by atoms with Gasteiger partial charge in [-0.1, -0.05) is 66.7 Å². The minimum atomic E-state index is -0.296. The van der Waals surface area contributed by atoms with Crippen molar-refractivity contribution in [2.75, 3.05) is 5.32 Å². The fraction of sp³-hybridized carbons (Fsp3) is 0. The van der Waals surface area contributed by atoms with Crippen molar-refractivity contribution in [3.8, 4) is 16.8 Å². The summed E-state index contributed by atoms with van der Waals surface area (Å²) in [6.07, 6.45) is 1.47. The van der Waals surface area contributed by atoms with Gasteiger partial charge >= 0.3 is 0 Å². The van der Waals surface area contributed by atoms with Crippen LogP contribution in [0.4, 0.5) is 5.69 Å². The maximum atomic E-state index is 12.6. The van der Waals surface area contributed by atoms with Gasteiger partial charge in [-0.2, -0.15) is 9.90 Å². The van der Waals surface area contributed by atoms with E-state index < -0.39 is 0 Å². The second-order valence-corrected chi connectivity index (χ2v) is 5.72. The van der Waals surface area contributed by atoms with E-state index in [2.05, 4.69) is 15.5 Å². The maximum Gasteiger partial charge on any atom is 0.277 e. The molecule has 4 rings (SSSR count). The first-order valence-electron chi connectivity index (χ1n) is 8.25. The Hall–Kier alpha value is -3.73. The second kappa shape index (κ2) is 7.03. The first kappa shape index (κ1) is 15.8. The summed E-state index contributed by atoms with van der Waals surface area (Å²) in [4.78, 5) is 14.1. The third-order valence-electron chi connectivity index (χ3n) is 3.97. The first-order valence-corrected chi connectivity index (χ1v) is 8.25. The van der Waals surface area contributed by atoms with Crippen LogP contribution in [0.25, 0.3) is 16.8 Å². The van der Waals surface area contributed by atoms with Crippen molar-refractivity contribution in [3.63, 3.8) is 0 Å². The van der Waals surface area contributed by atoms with Crippen molar-refractivity contribution >= 4 is 11.6 Å². The zero-order chi connectivity index (χ0) is 17.8. The van der Waals surface area contributed by atoms with E-state index in [1.165, 1.54) is 11.0 Å². The van der Waals surface area contributed by atoms with Crippen molar-refractivity contribution in [1.82, 2.24) is 15.0 Å². The van der Waals surface area contributed by atoms with Gasteiger partial charge in [-0.3, -0.25) is 4.79 Å². The van der Waals surface area contributed by atoms with Crippen molar-refractivity contribution in [2.24, 2.45) is 0 Å². The maximum absolute atomic E-state index is 12.6. The largest absolute Gasteiger partial charge is 0.320 e. The quantitative estimate of drug-likeness (QED) is 0.606. The lowest BCUT2D eigenvalue weighted by Crippen LogP contribution is -2.13. The molecule has 0 spiro atoms. The average molecular weight is 340 g/mol. The van der Waals surface area contributed by atoms with E-state index in [1.54, 1.807) is 0 Å². The minimum absolute atomic E-state index is 0.261. The van der Waals surface area contributed by atoms with Gasteiger partial charge in [-0.05, 0) is 23.8 Å². The number of carbonyl (C=O) groups excluding carboxylic acids is 1. The molecule has 3 aromatic carbocycles. The van der Waals surface area contributed by atoms with E-state index in [4.69, 9.17) is 0 Å². The summed E-state index contributed by atoms with van der Waals surface area (Å²) in [5, 5.41) is 11.4. The zero-order valence-electron chi connectivity index (χ0n) is 13.9. The number of hydrogen-bond donors (Lipinski definition) is 1. The molecule has 4 aromatic rings. The molecule has 0 aliphatic carbocycles. The summed E-state index contributed by atoms with van der Waals surface area (Å²) in [7, 11) is 0. The molecule has 0 aliphatic rings. The number of nitrogens with zero attached hydrogens (tertiary/aromatic N) is 3.